The van der Waals surface area contributed by atoms with Crippen LogP contribution in [0.15, 0.2) is 30.3 Å². The largest absolute Gasteiger partial charge is 0.412 e. The van der Waals surface area contributed by atoms with Gasteiger partial charge in [0, 0.05) is 0 Å². The topological polar surface area (TPSA) is 0 Å². The fraction of sp³-hybridized carbons (Fsp3) is 0.647. The molecule has 0 spiro atoms. The Kier molecular flexibility index (Phi) is 6.57. The lowest BCUT2D eigenvalue weighted by molar-refractivity contribution is 0.329. The normalized spacial score (nSPS) is 23.6. The van der Waals surface area contributed by atoms with Gasteiger partial charge >= 0.3 is 20.4 Å². The van der Waals surface area contributed by atoms with Crippen LogP contribution in [0.5, 0.6) is 0 Å². The highest BCUT2D eigenvalue weighted by molar-refractivity contribution is 6.54. The number of hydrogen-bond donors (Lipinski definition) is 0. The average Bonchev–Trinajstić information content (AvgIpc) is 2.42. The molecular weight excluding hydrogens is 228 g/mol. The lowest BCUT2D eigenvalue weighted by Gasteiger charge is -2.28. The molecule has 0 radical (unpaired) electrons. The third-order valence-electron chi connectivity index (χ3n) is 4.55. The minimum absolute atomic E-state index is 0.00339. The molecule has 1 fully saturated rings. The quantitative estimate of drug-likeness (QED) is 0.515. The van der Waals surface area contributed by atoms with Crippen LogP contribution in [0.4, 0.5) is 0 Å². The van der Waals surface area contributed by atoms with Gasteiger partial charge in [-0.15, -0.1) is 4.05 Å². The van der Waals surface area contributed by atoms with Crippen LogP contribution in [0, 0.1) is 5.92 Å². The first-order valence-electron chi connectivity index (χ1n) is 7.92. The van der Waals surface area contributed by atoms with Crippen molar-refractivity contribution in [2.24, 2.45) is 5.92 Å². The van der Waals surface area contributed by atoms with Crippen molar-refractivity contribution in [3.63, 3.8) is 0 Å². The third-order valence-corrected chi connectivity index (χ3v) is 6.89. The van der Waals surface area contributed by atoms with Gasteiger partial charge in [-0.2, -0.15) is 3.69 Å². The van der Waals surface area contributed by atoms with Gasteiger partial charge in [0.15, 0.2) is 0 Å². The maximum Gasteiger partial charge on any atom is 0.412 e. The lowest BCUT2D eigenvalue weighted by Crippen LogP contribution is -2.23. The predicted octanol–water partition coefficient (Wildman–Crippen LogP) is 4.58. The smallest absolute Gasteiger partial charge is 0.173 e. The monoisotopic (exact) mass is 254 g/mol. The number of hydrogen-bond acceptors (Lipinski definition) is 0. The summed E-state index contributed by atoms with van der Waals surface area (Å²) in [6.07, 6.45) is 11.9. The first-order valence-corrected chi connectivity index (χ1v) is 9.44. The van der Waals surface area contributed by atoms with Crippen molar-refractivity contribution in [2.75, 3.05) is 0 Å². The van der Waals surface area contributed by atoms with Crippen molar-refractivity contribution < 1.29 is 0 Å². The molecule has 0 nitrogen and oxygen atoms in total. The van der Waals surface area contributed by atoms with Crippen molar-refractivity contribution >= 4 is 24.1 Å². The third kappa shape index (κ3) is 4.93. The van der Waals surface area contributed by atoms with E-state index in [2.05, 4.69) is 37.3 Å². The van der Waals surface area contributed by atoms with Gasteiger partial charge in [-0.25, -0.2) is 0 Å². The van der Waals surface area contributed by atoms with E-state index in [0.717, 1.165) is 9.97 Å². The molecule has 96 valence electrons. The van der Waals surface area contributed by atoms with E-state index in [4.69, 9.17) is 0 Å². The van der Waals surface area contributed by atoms with E-state index in [-0.39, 0.29) is 20.4 Å². The molecule has 0 amide bonds. The van der Waals surface area contributed by atoms with Crippen LogP contribution >= 0.6 is 0 Å². The maximum absolute atomic E-state index is 2.35. The molecular formula is C17H26Mg. The molecule has 0 unspecified atom stereocenters. The Balaban J connectivity index is 1.67. The standard InChI is InChI=1S/C11H21.C6H5.Mg/c1-2-3-5-8-11-9-6-4-7-10-11;1-2-4-6-5-3-1;/h4,11H,2-3,5-10H2,1H3;1-5H;. The molecule has 0 atom stereocenters. The molecule has 1 heteroatoms. The van der Waals surface area contributed by atoms with Crippen LogP contribution in [0.2, 0.25) is 4.05 Å². The Labute approximate surface area is 122 Å². The van der Waals surface area contributed by atoms with Crippen LogP contribution in [0.3, 0.4) is 0 Å². The van der Waals surface area contributed by atoms with Gasteiger partial charge < -0.3 is 0 Å². The van der Waals surface area contributed by atoms with Crippen LogP contribution in [-0.4, -0.2) is 20.4 Å². The van der Waals surface area contributed by atoms with Crippen molar-refractivity contribution in [2.45, 2.75) is 62.3 Å². The molecule has 1 aromatic carbocycles. The number of rotatable bonds is 6. The zero-order chi connectivity index (χ0) is 12.6. The lowest BCUT2D eigenvalue weighted by atomic mass is 9.85. The zero-order valence-corrected chi connectivity index (χ0v) is 13.3. The Hall–Kier alpha value is -0.0138. The van der Waals surface area contributed by atoms with Gasteiger partial charge in [-0.3, -0.25) is 0 Å². The fourth-order valence-corrected chi connectivity index (χ4v) is 5.45. The van der Waals surface area contributed by atoms with E-state index in [1.807, 2.05) is 0 Å². The zero-order valence-electron chi connectivity index (χ0n) is 11.9. The molecule has 2 rings (SSSR count). The molecule has 0 aliphatic heterocycles. The summed E-state index contributed by atoms with van der Waals surface area (Å²) >= 11 is -0.00339. The SMILES string of the molecule is CCCCCC1CC[CH]([Mg][c]2ccccc2)CC1. The van der Waals surface area contributed by atoms with Gasteiger partial charge in [0.1, 0.15) is 0 Å². The van der Waals surface area contributed by atoms with Crippen LogP contribution < -0.4 is 3.69 Å². The number of unbranched alkanes of at least 4 members (excludes halogenated alkanes) is 2. The second-order valence-corrected chi connectivity index (χ2v) is 8.45. The molecule has 0 heterocycles. The summed E-state index contributed by atoms with van der Waals surface area (Å²) in [5, 5.41) is 0. The summed E-state index contributed by atoms with van der Waals surface area (Å²) in [6.45, 7) is 2.31. The van der Waals surface area contributed by atoms with E-state index in [1.165, 1.54) is 51.4 Å². The fourth-order valence-electron chi connectivity index (χ4n) is 3.35. The van der Waals surface area contributed by atoms with Crippen LogP contribution in [0.1, 0.15) is 58.3 Å². The first kappa shape index (κ1) is 14.4. The molecule has 0 aromatic heterocycles. The minimum Gasteiger partial charge on any atom is -0.173 e. The summed E-state index contributed by atoms with van der Waals surface area (Å²) in [5.74, 6) is 1.07. The molecule has 1 saturated carbocycles. The van der Waals surface area contributed by atoms with Gasteiger partial charge in [0.2, 0.25) is 0 Å². The molecule has 1 aliphatic carbocycles. The Morgan fingerprint density at radius 1 is 1.00 bits per heavy atom. The van der Waals surface area contributed by atoms with E-state index in [0.29, 0.717) is 0 Å². The molecule has 0 N–H and O–H groups in total. The Morgan fingerprint density at radius 3 is 2.39 bits per heavy atom. The van der Waals surface area contributed by atoms with Crippen molar-refractivity contribution in [1.82, 2.24) is 0 Å². The van der Waals surface area contributed by atoms with Crippen molar-refractivity contribution in [1.29, 1.82) is 0 Å². The van der Waals surface area contributed by atoms with E-state index >= 15 is 0 Å². The van der Waals surface area contributed by atoms with Gasteiger partial charge in [-0.1, -0.05) is 88.6 Å². The van der Waals surface area contributed by atoms with E-state index < -0.39 is 0 Å². The summed E-state index contributed by atoms with van der Waals surface area (Å²) < 4.78 is 2.77. The molecule has 1 aromatic rings. The van der Waals surface area contributed by atoms with Crippen LogP contribution in [-0.2, 0) is 0 Å². The maximum atomic E-state index is 2.35. The van der Waals surface area contributed by atoms with Gasteiger partial charge in [-0.05, 0) is 5.92 Å². The van der Waals surface area contributed by atoms with Crippen LogP contribution in [0.25, 0.3) is 0 Å². The van der Waals surface area contributed by atoms with Gasteiger partial charge in [0.25, 0.3) is 0 Å². The van der Waals surface area contributed by atoms with Crippen molar-refractivity contribution in [3.8, 4) is 0 Å². The van der Waals surface area contributed by atoms with Gasteiger partial charge in [0.05, 0.1) is 0 Å². The predicted molar refractivity (Wildman–Crippen MR) is 81.7 cm³/mol. The highest BCUT2D eigenvalue weighted by Crippen LogP contribution is 2.34. The molecule has 0 bridgehead atoms. The van der Waals surface area contributed by atoms with E-state index in [9.17, 15) is 0 Å². The minimum atomic E-state index is -0.00339. The Morgan fingerprint density at radius 2 is 1.72 bits per heavy atom. The molecule has 1 aliphatic rings. The van der Waals surface area contributed by atoms with Crippen molar-refractivity contribution in [3.05, 3.63) is 30.3 Å². The number of benzene rings is 1. The molecule has 0 saturated heterocycles. The summed E-state index contributed by atoms with van der Waals surface area (Å²) in [6, 6.07) is 11.2. The highest BCUT2D eigenvalue weighted by Gasteiger charge is 2.22. The summed E-state index contributed by atoms with van der Waals surface area (Å²) in [4.78, 5) is 0. The second kappa shape index (κ2) is 8.22. The second-order valence-electron chi connectivity index (χ2n) is 6.07. The van der Waals surface area contributed by atoms with E-state index in [1.54, 1.807) is 3.69 Å². The highest BCUT2D eigenvalue weighted by atomic mass is 24.5. The summed E-state index contributed by atoms with van der Waals surface area (Å²) in [7, 11) is 0. The Bertz CT molecular complexity index is 312. The summed E-state index contributed by atoms with van der Waals surface area (Å²) in [5.41, 5.74) is 0. The first-order chi connectivity index (χ1) is 8.88. The molecule has 18 heavy (non-hydrogen) atoms. The average molecular weight is 255 g/mol.